The number of unbranched alkanes of at least 4 members (excludes halogenated alkanes) is 1. The quantitative estimate of drug-likeness (QED) is 0.226. The molecule has 0 spiro atoms. The second kappa shape index (κ2) is 9.83. The van der Waals surface area contributed by atoms with Gasteiger partial charge in [-0.2, -0.15) is 0 Å². The summed E-state index contributed by atoms with van der Waals surface area (Å²) < 4.78 is 0. The fraction of sp³-hybridized carbons (Fsp3) is 0.862. The summed E-state index contributed by atoms with van der Waals surface area (Å²) in [6, 6.07) is 0. The standard InChI is InChI=1S/C29H50O/c1-7-10-23-13-15-25-26-16-14-24(12-9-8-11-21(2)3)28(26,5)18-17-27(25)29(23,6)19-22(4)20-30/h7,20-21,23-27,30H,1,8-19H2,2-6H3/b22-20-. The second-order valence-electron chi connectivity index (χ2n) is 12.3. The monoisotopic (exact) mass is 414 g/mol. The summed E-state index contributed by atoms with van der Waals surface area (Å²) in [6.07, 6.45) is 20.0. The molecule has 3 saturated carbocycles. The Balaban J connectivity index is 1.74. The van der Waals surface area contributed by atoms with Crippen LogP contribution < -0.4 is 0 Å². The van der Waals surface area contributed by atoms with Gasteiger partial charge in [0.1, 0.15) is 0 Å². The van der Waals surface area contributed by atoms with Gasteiger partial charge in [-0.15, -0.1) is 6.58 Å². The summed E-state index contributed by atoms with van der Waals surface area (Å²) >= 11 is 0. The van der Waals surface area contributed by atoms with Crippen LogP contribution in [-0.4, -0.2) is 5.11 Å². The largest absolute Gasteiger partial charge is 0.516 e. The van der Waals surface area contributed by atoms with Gasteiger partial charge in [0.2, 0.25) is 0 Å². The Labute approximate surface area is 187 Å². The molecule has 1 N–H and O–H groups in total. The Morgan fingerprint density at radius 1 is 1.03 bits per heavy atom. The number of fused-ring (bicyclic) bond motifs is 3. The van der Waals surface area contributed by atoms with Crippen LogP contribution in [0.3, 0.4) is 0 Å². The van der Waals surface area contributed by atoms with Crippen LogP contribution in [0.5, 0.6) is 0 Å². The average Bonchev–Trinajstić information content (AvgIpc) is 3.03. The minimum absolute atomic E-state index is 0.317. The maximum atomic E-state index is 9.67. The van der Waals surface area contributed by atoms with Crippen molar-refractivity contribution in [2.45, 2.75) is 112 Å². The molecule has 3 fully saturated rings. The summed E-state index contributed by atoms with van der Waals surface area (Å²) in [5, 5.41) is 9.67. The molecule has 172 valence electrons. The van der Waals surface area contributed by atoms with Gasteiger partial charge in [0.05, 0.1) is 6.26 Å². The first kappa shape index (κ1) is 23.9. The molecule has 0 bridgehead atoms. The van der Waals surface area contributed by atoms with E-state index >= 15 is 0 Å². The van der Waals surface area contributed by atoms with E-state index in [0.29, 0.717) is 10.8 Å². The topological polar surface area (TPSA) is 20.2 Å². The van der Waals surface area contributed by atoms with Crippen LogP contribution in [0, 0.1) is 46.3 Å². The van der Waals surface area contributed by atoms with E-state index < -0.39 is 0 Å². The van der Waals surface area contributed by atoms with Gasteiger partial charge in [-0.1, -0.05) is 53.0 Å². The minimum atomic E-state index is 0.317. The Morgan fingerprint density at radius 3 is 2.43 bits per heavy atom. The molecule has 3 rings (SSSR count). The van der Waals surface area contributed by atoms with E-state index in [1.807, 2.05) is 0 Å². The number of allylic oxidation sites excluding steroid dienone is 2. The van der Waals surface area contributed by atoms with Crippen molar-refractivity contribution in [2.24, 2.45) is 46.3 Å². The molecule has 1 heteroatoms. The molecule has 0 heterocycles. The number of hydrogen-bond acceptors (Lipinski definition) is 1. The smallest absolute Gasteiger partial charge is 0.0781 e. The van der Waals surface area contributed by atoms with Crippen LogP contribution in [0.2, 0.25) is 0 Å². The van der Waals surface area contributed by atoms with Crippen molar-refractivity contribution in [3.63, 3.8) is 0 Å². The molecule has 1 nitrogen and oxygen atoms in total. The van der Waals surface area contributed by atoms with E-state index in [2.05, 4.69) is 47.3 Å². The first-order valence-corrected chi connectivity index (χ1v) is 13.2. The van der Waals surface area contributed by atoms with Crippen molar-refractivity contribution in [3.8, 4) is 0 Å². The van der Waals surface area contributed by atoms with E-state index in [4.69, 9.17) is 0 Å². The highest BCUT2D eigenvalue weighted by atomic mass is 16.2. The third-order valence-electron chi connectivity index (χ3n) is 10.2. The van der Waals surface area contributed by atoms with E-state index in [-0.39, 0.29) is 0 Å². The summed E-state index contributed by atoms with van der Waals surface area (Å²) in [5.41, 5.74) is 2.07. The van der Waals surface area contributed by atoms with Crippen molar-refractivity contribution in [1.29, 1.82) is 0 Å². The average molecular weight is 415 g/mol. The molecule has 3 aliphatic rings. The number of aliphatic hydroxyl groups excluding tert-OH is 1. The molecule has 0 radical (unpaired) electrons. The first-order valence-electron chi connectivity index (χ1n) is 13.2. The van der Waals surface area contributed by atoms with Gasteiger partial charge >= 0.3 is 0 Å². The van der Waals surface area contributed by atoms with Crippen LogP contribution in [0.15, 0.2) is 24.5 Å². The molecule has 0 aromatic carbocycles. The predicted octanol–water partition coefficient (Wildman–Crippen LogP) is 9.11. The minimum Gasteiger partial charge on any atom is -0.516 e. The fourth-order valence-corrected chi connectivity index (χ4v) is 8.57. The number of rotatable bonds is 9. The molecular formula is C29H50O. The van der Waals surface area contributed by atoms with E-state index in [0.717, 1.165) is 53.9 Å². The van der Waals surface area contributed by atoms with Crippen molar-refractivity contribution < 1.29 is 5.11 Å². The Bertz CT molecular complexity index is 603. The van der Waals surface area contributed by atoms with Crippen LogP contribution in [0.4, 0.5) is 0 Å². The zero-order valence-electron chi connectivity index (χ0n) is 20.8. The highest BCUT2D eigenvalue weighted by Gasteiger charge is 2.58. The number of aliphatic hydroxyl groups is 1. The van der Waals surface area contributed by atoms with Gasteiger partial charge in [0, 0.05) is 0 Å². The molecule has 30 heavy (non-hydrogen) atoms. The lowest BCUT2D eigenvalue weighted by molar-refractivity contribution is -0.0958. The van der Waals surface area contributed by atoms with E-state index in [9.17, 15) is 5.11 Å². The molecule has 0 amide bonds. The molecule has 0 aromatic heterocycles. The molecule has 0 aliphatic heterocycles. The molecular weight excluding hydrogens is 364 g/mol. The maximum Gasteiger partial charge on any atom is 0.0781 e. The number of hydrogen-bond donors (Lipinski definition) is 1. The fourth-order valence-electron chi connectivity index (χ4n) is 8.57. The summed E-state index contributed by atoms with van der Waals surface area (Å²) in [4.78, 5) is 0. The van der Waals surface area contributed by atoms with Gasteiger partial charge in [0.15, 0.2) is 0 Å². The summed E-state index contributed by atoms with van der Waals surface area (Å²) in [5.74, 6) is 5.21. The zero-order chi connectivity index (χ0) is 21.9. The lowest BCUT2D eigenvalue weighted by atomic mass is 9.45. The highest BCUT2D eigenvalue weighted by molar-refractivity contribution is 5.11. The molecule has 3 aliphatic carbocycles. The highest BCUT2D eigenvalue weighted by Crippen LogP contribution is 2.67. The van der Waals surface area contributed by atoms with E-state index in [1.165, 1.54) is 70.5 Å². The Kier molecular flexibility index (Phi) is 7.84. The van der Waals surface area contributed by atoms with E-state index in [1.54, 1.807) is 0 Å². The molecule has 7 atom stereocenters. The van der Waals surface area contributed by atoms with Gasteiger partial charge in [-0.3, -0.25) is 0 Å². The van der Waals surface area contributed by atoms with Crippen molar-refractivity contribution in [2.75, 3.05) is 0 Å². The summed E-state index contributed by atoms with van der Waals surface area (Å²) in [7, 11) is 0. The molecule has 7 unspecified atom stereocenters. The first-order chi connectivity index (χ1) is 14.3. The predicted molar refractivity (Wildman–Crippen MR) is 130 cm³/mol. The zero-order valence-corrected chi connectivity index (χ0v) is 20.8. The summed E-state index contributed by atoms with van der Waals surface area (Å²) in [6.45, 7) is 16.2. The van der Waals surface area contributed by atoms with Crippen LogP contribution in [0.25, 0.3) is 0 Å². The lowest BCUT2D eigenvalue weighted by Crippen LogP contribution is -2.52. The van der Waals surface area contributed by atoms with Gasteiger partial charge in [0.25, 0.3) is 0 Å². The Hall–Kier alpha value is -0.720. The molecule has 0 saturated heterocycles. The maximum absolute atomic E-state index is 9.67. The van der Waals surface area contributed by atoms with Crippen molar-refractivity contribution in [3.05, 3.63) is 24.5 Å². The van der Waals surface area contributed by atoms with Crippen molar-refractivity contribution >= 4 is 0 Å². The normalized spacial score (nSPS) is 41.5. The van der Waals surface area contributed by atoms with Crippen LogP contribution >= 0.6 is 0 Å². The lowest BCUT2D eigenvalue weighted by Gasteiger charge is -2.59. The van der Waals surface area contributed by atoms with Gasteiger partial charge < -0.3 is 5.11 Å². The SMILES string of the molecule is C=CCC1CCC2C3CCC(CCCCC(C)C)C3(C)CCC2C1(C)C/C(C)=C\O. The van der Waals surface area contributed by atoms with Crippen LogP contribution in [-0.2, 0) is 0 Å². The van der Waals surface area contributed by atoms with Crippen molar-refractivity contribution in [1.82, 2.24) is 0 Å². The van der Waals surface area contributed by atoms with Gasteiger partial charge in [-0.05, 0) is 117 Å². The third-order valence-corrected chi connectivity index (χ3v) is 10.2. The Morgan fingerprint density at radius 2 is 1.77 bits per heavy atom. The third kappa shape index (κ3) is 4.56. The second-order valence-corrected chi connectivity index (χ2v) is 12.3. The van der Waals surface area contributed by atoms with Gasteiger partial charge in [-0.25, -0.2) is 0 Å². The van der Waals surface area contributed by atoms with Crippen LogP contribution in [0.1, 0.15) is 112 Å². The molecule has 0 aromatic rings.